The van der Waals surface area contributed by atoms with Gasteiger partial charge in [0.05, 0.1) is 18.5 Å². The predicted octanol–water partition coefficient (Wildman–Crippen LogP) is 1.41. The average molecular weight is 254 g/mol. The van der Waals surface area contributed by atoms with Crippen molar-refractivity contribution in [3.63, 3.8) is 0 Å². The molecule has 1 aliphatic heterocycles. The lowest BCUT2D eigenvalue weighted by atomic mass is 10.0. The van der Waals surface area contributed by atoms with E-state index in [1.807, 2.05) is 6.92 Å². The van der Waals surface area contributed by atoms with Gasteiger partial charge in [0, 0.05) is 25.6 Å². The summed E-state index contributed by atoms with van der Waals surface area (Å²) >= 11 is 0. The molecule has 100 valence electrons. The molecule has 1 aromatic rings. The number of ether oxygens (including phenoxy) is 1. The molecule has 1 aromatic heterocycles. The zero-order valence-corrected chi connectivity index (χ0v) is 10.5. The summed E-state index contributed by atoms with van der Waals surface area (Å²) in [6, 6.07) is 3.10. The van der Waals surface area contributed by atoms with E-state index in [4.69, 9.17) is 4.74 Å². The van der Waals surface area contributed by atoms with Crippen LogP contribution in [0.15, 0.2) is 18.3 Å². The second kappa shape index (κ2) is 5.73. The molecule has 18 heavy (non-hydrogen) atoms. The Kier molecular flexibility index (Phi) is 4.27. The standard InChI is InChI=1S/C13H19FN2O2/c1-2-11(12-4-3-10(14)7-15-12)16-8-13(17)5-6-18-9-13/h3-4,7,11,16-17H,2,5-6,8-9H2,1H3. The molecule has 2 N–H and O–H groups in total. The van der Waals surface area contributed by atoms with Gasteiger partial charge in [0.2, 0.25) is 0 Å². The monoisotopic (exact) mass is 254 g/mol. The third-order valence-corrected chi connectivity index (χ3v) is 3.28. The van der Waals surface area contributed by atoms with Crippen LogP contribution in [0.1, 0.15) is 31.5 Å². The molecule has 2 unspecified atom stereocenters. The summed E-state index contributed by atoms with van der Waals surface area (Å²) in [4.78, 5) is 4.07. The van der Waals surface area contributed by atoms with Gasteiger partial charge in [-0.2, -0.15) is 0 Å². The Balaban J connectivity index is 1.95. The van der Waals surface area contributed by atoms with E-state index in [-0.39, 0.29) is 11.9 Å². The van der Waals surface area contributed by atoms with Gasteiger partial charge in [-0.1, -0.05) is 6.92 Å². The molecule has 0 amide bonds. The van der Waals surface area contributed by atoms with Gasteiger partial charge in [-0.25, -0.2) is 4.39 Å². The van der Waals surface area contributed by atoms with Crippen LogP contribution in [-0.2, 0) is 4.74 Å². The van der Waals surface area contributed by atoms with Gasteiger partial charge in [-0.05, 0) is 18.6 Å². The topological polar surface area (TPSA) is 54.4 Å². The quantitative estimate of drug-likeness (QED) is 0.834. The zero-order valence-electron chi connectivity index (χ0n) is 10.5. The third-order valence-electron chi connectivity index (χ3n) is 3.28. The molecule has 1 aliphatic rings. The van der Waals surface area contributed by atoms with E-state index in [1.165, 1.54) is 12.3 Å². The van der Waals surface area contributed by atoms with Crippen molar-refractivity contribution in [2.24, 2.45) is 0 Å². The first-order valence-corrected chi connectivity index (χ1v) is 6.28. The maximum Gasteiger partial charge on any atom is 0.141 e. The molecule has 0 aromatic carbocycles. The van der Waals surface area contributed by atoms with Crippen LogP contribution in [0.4, 0.5) is 4.39 Å². The van der Waals surface area contributed by atoms with Crippen LogP contribution in [-0.4, -0.2) is 35.5 Å². The molecule has 0 radical (unpaired) electrons. The van der Waals surface area contributed by atoms with E-state index in [1.54, 1.807) is 6.07 Å². The predicted molar refractivity (Wildman–Crippen MR) is 65.6 cm³/mol. The number of hydrogen-bond donors (Lipinski definition) is 2. The molecule has 0 spiro atoms. The normalized spacial score (nSPS) is 25.3. The van der Waals surface area contributed by atoms with Crippen LogP contribution in [0.3, 0.4) is 0 Å². The molecule has 0 bridgehead atoms. The van der Waals surface area contributed by atoms with Crippen LogP contribution in [0.5, 0.6) is 0 Å². The lowest BCUT2D eigenvalue weighted by Gasteiger charge is -2.24. The lowest BCUT2D eigenvalue weighted by molar-refractivity contribution is 0.0245. The summed E-state index contributed by atoms with van der Waals surface area (Å²) in [6.07, 6.45) is 2.69. The van der Waals surface area contributed by atoms with Gasteiger partial charge in [0.25, 0.3) is 0 Å². The fourth-order valence-corrected chi connectivity index (χ4v) is 2.10. The fraction of sp³-hybridized carbons (Fsp3) is 0.615. The van der Waals surface area contributed by atoms with E-state index in [9.17, 15) is 9.50 Å². The Morgan fingerprint density at radius 3 is 3.00 bits per heavy atom. The first-order valence-electron chi connectivity index (χ1n) is 6.28. The molecule has 5 heteroatoms. The van der Waals surface area contributed by atoms with Gasteiger partial charge in [0.15, 0.2) is 0 Å². The Bertz CT molecular complexity index is 377. The molecule has 2 heterocycles. The Morgan fingerprint density at radius 1 is 1.61 bits per heavy atom. The number of rotatable bonds is 5. The number of nitrogens with one attached hydrogen (secondary N) is 1. The molecule has 1 saturated heterocycles. The minimum absolute atomic E-state index is 0.0234. The molecule has 1 fully saturated rings. The van der Waals surface area contributed by atoms with Crippen molar-refractivity contribution >= 4 is 0 Å². The van der Waals surface area contributed by atoms with Crippen LogP contribution in [0.25, 0.3) is 0 Å². The highest BCUT2D eigenvalue weighted by molar-refractivity contribution is 5.10. The Morgan fingerprint density at radius 2 is 2.44 bits per heavy atom. The van der Waals surface area contributed by atoms with Crippen molar-refractivity contribution in [1.29, 1.82) is 0 Å². The van der Waals surface area contributed by atoms with Crippen LogP contribution >= 0.6 is 0 Å². The zero-order chi connectivity index (χ0) is 13.0. The minimum Gasteiger partial charge on any atom is -0.386 e. The van der Waals surface area contributed by atoms with Gasteiger partial charge < -0.3 is 15.2 Å². The molecule has 0 aliphatic carbocycles. The van der Waals surface area contributed by atoms with Crippen LogP contribution < -0.4 is 5.32 Å². The van der Waals surface area contributed by atoms with E-state index < -0.39 is 5.60 Å². The molecular weight excluding hydrogens is 235 g/mol. The first-order chi connectivity index (χ1) is 8.63. The van der Waals surface area contributed by atoms with Crippen molar-refractivity contribution in [1.82, 2.24) is 10.3 Å². The van der Waals surface area contributed by atoms with Crippen LogP contribution in [0.2, 0.25) is 0 Å². The highest BCUT2D eigenvalue weighted by Crippen LogP contribution is 2.20. The number of aromatic nitrogens is 1. The van der Waals surface area contributed by atoms with E-state index in [2.05, 4.69) is 10.3 Å². The summed E-state index contributed by atoms with van der Waals surface area (Å²) in [6.45, 7) is 3.46. The number of aliphatic hydroxyl groups is 1. The van der Waals surface area contributed by atoms with Crippen molar-refractivity contribution in [2.45, 2.75) is 31.4 Å². The molecule has 0 saturated carbocycles. The molecule has 2 atom stereocenters. The highest BCUT2D eigenvalue weighted by Gasteiger charge is 2.32. The SMILES string of the molecule is CCC(NCC1(O)CCOC1)c1ccc(F)cn1. The molecular formula is C13H19FN2O2. The van der Waals surface area contributed by atoms with Crippen molar-refractivity contribution in [2.75, 3.05) is 19.8 Å². The smallest absolute Gasteiger partial charge is 0.141 e. The molecule has 2 rings (SSSR count). The van der Waals surface area contributed by atoms with Gasteiger partial charge >= 0.3 is 0 Å². The summed E-state index contributed by atoms with van der Waals surface area (Å²) in [5, 5.41) is 13.4. The largest absolute Gasteiger partial charge is 0.386 e. The van der Waals surface area contributed by atoms with E-state index in [0.717, 1.165) is 12.1 Å². The number of halogens is 1. The second-order valence-corrected chi connectivity index (χ2v) is 4.77. The summed E-state index contributed by atoms with van der Waals surface area (Å²) in [5.41, 5.74) is 0.00870. The van der Waals surface area contributed by atoms with E-state index in [0.29, 0.717) is 26.2 Å². The minimum atomic E-state index is -0.784. The fourth-order valence-electron chi connectivity index (χ4n) is 2.10. The van der Waals surface area contributed by atoms with Crippen molar-refractivity contribution in [3.05, 3.63) is 29.8 Å². The Labute approximate surface area is 106 Å². The first kappa shape index (κ1) is 13.4. The van der Waals surface area contributed by atoms with Crippen LogP contribution in [0, 0.1) is 5.82 Å². The second-order valence-electron chi connectivity index (χ2n) is 4.77. The summed E-state index contributed by atoms with van der Waals surface area (Å²) < 4.78 is 18.0. The summed E-state index contributed by atoms with van der Waals surface area (Å²) in [5.74, 6) is -0.337. The van der Waals surface area contributed by atoms with Gasteiger partial charge in [0.1, 0.15) is 11.4 Å². The average Bonchev–Trinajstić information content (AvgIpc) is 2.79. The Hall–Kier alpha value is -1.04. The number of hydrogen-bond acceptors (Lipinski definition) is 4. The highest BCUT2D eigenvalue weighted by atomic mass is 19.1. The number of pyridine rings is 1. The molecule has 4 nitrogen and oxygen atoms in total. The third kappa shape index (κ3) is 3.25. The van der Waals surface area contributed by atoms with Crippen molar-refractivity contribution in [3.8, 4) is 0 Å². The maximum atomic E-state index is 12.8. The maximum absolute atomic E-state index is 12.8. The lowest BCUT2D eigenvalue weighted by Crippen LogP contribution is -2.42. The van der Waals surface area contributed by atoms with Gasteiger partial charge in [-0.3, -0.25) is 4.98 Å². The summed E-state index contributed by atoms with van der Waals surface area (Å²) in [7, 11) is 0. The van der Waals surface area contributed by atoms with Gasteiger partial charge in [-0.15, -0.1) is 0 Å². The van der Waals surface area contributed by atoms with E-state index >= 15 is 0 Å². The number of nitrogens with zero attached hydrogens (tertiary/aromatic N) is 1. The van der Waals surface area contributed by atoms with Crippen molar-refractivity contribution < 1.29 is 14.2 Å².